The number of epoxide rings is 1. The van der Waals surface area contributed by atoms with Crippen LogP contribution in [0.15, 0.2) is 30.5 Å². The Morgan fingerprint density at radius 1 is 1.23 bits per heavy atom. The van der Waals surface area contributed by atoms with E-state index in [0.29, 0.717) is 5.69 Å². The summed E-state index contributed by atoms with van der Waals surface area (Å²) in [4.78, 5) is 24.7. The Hall–Kier alpha value is -3.28. The minimum Gasteiger partial charge on any atom is -0.363 e. The number of pyridine rings is 1. The number of fused-ring (bicyclic) bond motifs is 5. The van der Waals surface area contributed by atoms with Crippen LogP contribution in [0.4, 0.5) is 5.69 Å². The first kappa shape index (κ1) is 22.2. The number of nitriles is 1. The van der Waals surface area contributed by atoms with Crippen molar-refractivity contribution in [2.75, 3.05) is 5.32 Å². The molecule has 6 rings (SSSR count). The summed E-state index contributed by atoms with van der Waals surface area (Å²) in [7, 11) is 0. The van der Waals surface area contributed by atoms with E-state index < -0.39 is 11.5 Å². The first-order valence-corrected chi connectivity index (χ1v) is 12.1. The van der Waals surface area contributed by atoms with Crippen LogP contribution >= 0.6 is 0 Å². The van der Waals surface area contributed by atoms with Gasteiger partial charge in [0.25, 0.3) is 5.91 Å². The number of imidazole rings is 1. The summed E-state index contributed by atoms with van der Waals surface area (Å²) in [5.74, 6) is -0.307. The fraction of sp³-hybridized carbons (Fsp3) is 0.481. The standard InChI is InChI=1S/C27H29N5O3/c1-25(2)9-7-15(8-10-25)20-19(32-24(33)23-29-14-17(13-28)30-23)6-5-18(31-20)16-11-26(3)21-22(34-21)27(4,12-16)35-26/h5-7,11,14,21-22H,8-10,12H2,1-4H3,(H,29,30)(H,32,33). The number of rotatable bonds is 4. The molecule has 5 heterocycles. The molecule has 2 fully saturated rings. The molecule has 0 aromatic carbocycles. The predicted octanol–water partition coefficient (Wildman–Crippen LogP) is 4.62. The quantitative estimate of drug-likeness (QED) is 0.629. The molecule has 0 radical (unpaired) electrons. The lowest BCUT2D eigenvalue weighted by atomic mass is 9.77. The zero-order valence-corrected chi connectivity index (χ0v) is 20.4. The average molecular weight is 472 g/mol. The van der Waals surface area contributed by atoms with Crippen molar-refractivity contribution in [2.45, 2.75) is 76.8 Å². The molecule has 0 spiro atoms. The van der Waals surface area contributed by atoms with Gasteiger partial charge in [-0.15, -0.1) is 0 Å². The fourth-order valence-electron chi connectivity index (χ4n) is 5.77. The summed E-state index contributed by atoms with van der Waals surface area (Å²) in [5, 5.41) is 12.0. The highest BCUT2D eigenvalue weighted by Gasteiger charge is 2.70. The number of ether oxygens (including phenoxy) is 2. The molecular weight excluding hydrogens is 442 g/mol. The Morgan fingerprint density at radius 2 is 2.06 bits per heavy atom. The fourth-order valence-corrected chi connectivity index (χ4v) is 5.77. The highest BCUT2D eigenvalue weighted by Crippen LogP contribution is 2.58. The minimum atomic E-state index is -0.437. The molecule has 35 heavy (non-hydrogen) atoms. The molecule has 2 bridgehead atoms. The van der Waals surface area contributed by atoms with Gasteiger partial charge in [-0.2, -0.15) is 5.26 Å². The Bertz CT molecular complexity index is 1350. The van der Waals surface area contributed by atoms with Gasteiger partial charge in [0.1, 0.15) is 29.6 Å². The van der Waals surface area contributed by atoms with Crippen LogP contribution in [0.25, 0.3) is 11.1 Å². The lowest BCUT2D eigenvalue weighted by molar-refractivity contribution is -0.126. The van der Waals surface area contributed by atoms with Gasteiger partial charge in [0.15, 0.2) is 5.82 Å². The topological polar surface area (TPSA) is 116 Å². The number of H-pyrrole nitrogens is 1. The van der Waals surface area contributed by atoms with Crippen LogP contribution in [0.1, 0.15) is 81.1 Å². The summed E-state index contributed by atoms with van der Waals surface area (Å²) < 4.78 is 12.2. The van der Waals surface area contributed by atoms with E-state index in [2.05, 4.69) is 55.1 Å². The molecule has 2 saturated heterocycles. The highest BCUT2D eigenvalue weighted by atomic mass is 16.7. The number of amides is 1. The van der Waals surface area contributed by atoms with Crippen LogP contribution in [-0.2, 0) is 9.47 Å². The first-order chi connectivity index (χ1) is 16.6. The second-order valence-electron chi connectivity index (χ2n) is 11.3. The summed E-state index contributed by atoms with van der Waals surface area (Å²) in [5.41, 5.74) is 4.32. The predicted molar refractivity (Wildman–Crippen MR) is 130 cm³/mol. The number of nitrogens with one attached hydrogen (secondary N) is 2. The van der Waals surface area contributed by atoms with Gasteiger partial charge in [0.05, 0.1) is 28.9 Å². The summed E-state index contributed by atoms with van der Waals surface area (Å²) in [6.07, 6.45) is 9.64. The molecule has 2 aromatic rings. The summed E-state index contributed by atoms with van der Waals surface area (Å²) in [6, 6.07) is 5.84. The number of aromatic amines is 1. The van der Waals surface area contributed by atoms with Crippen LogP contribution in [0.3, 0.4) is 0 Å². The smallest absolute Gasteiger partial charge is 0.291 e. The van der Waals surface area contributed by atoms with Gasteiger partial charge in [0, 0.05) is 6.42 Å². The molecule has 0 saturated carbocycles. The van der Waals surface area contributed by atoms with Crippen LogP contribution in [-0.4, -0.2) is 44.3 Å². The van der Waals surface area contributed by atoms with Crippen molar-refractivity contribution in [1.29, 1.82) is 5.26 Å². The van der Waals surface area contributed by atoms with E-state index in [4.69, 9.17) is 19.7 Å². The van der Waals surface area contributed by atoms with Crippen molar-refractivity contribution in [3.8, 4) is 6.07 Å². The van der Waals surface area contributed by atoms with Gasteiger partial charge < -0.3 is 19.8 Å². The van der Waals surface area contributed by atoms with Crippen molar-refractivity contribution in [3.63, 3.8) is 0 Å². The van der Waals surface area contributed by atoms with Crippen molar-refractivity contribution >= 4 is 22.7 Å². The number of nitrogens with zero attached hydrogens (tertiary/aromatic N) is 3. The van der Waals surface area contributed by atoms with Crippen LogP contribution < -0.4 is 5.32 Å². The molecule has 2 aromatic heterocycles. The lowest BCUT2D eigenvalue weighted by Gasteiger charge is -2.37. The molecule has 4 unspecified atom stereocenters. The third-order valence-electron chi connectivity index (χ3n) is 7.77. The zero-order chi connectivity index (χ0) is 24.6. The normalized spacial score (nSPS) is 32.2. The third-order valence-corrected chi connectivity index (χ3v) is 7.77. The van der Waals surface area contributed by atoms with Gasteiger partial charge in [-0.3, -0.25) is 4.79 Å². The molecule has 3 aliphatic heterocycles. The van der Waals surface area contributed by atoms with Crippen molar-refractivity contribution in [1.82, 2.24) is 15.0 Å². The summed E-state index contributed by atoms with van der Waals surface area (Å²) >= 11 is 0. The Morgan fingerprint density at radius 3 is 2.74 bits per heavy atom. The number of hydrogen-bond acceptors (Lipinski definition) is 6. The maximum atomic E-state index is 12.9. The number of carbonyl (C=O) groups excluding carboxylic acids is 1. The SMILES string of the molecule is CC1(C)CC=C(c2nc(C3=CC4(C)OC(C)(C3)C3OC34)ccc2NC(=O)c2ncc(C#N)[nH]2)CC1. The van der Waals surface area contributed by atoms with E-state index in [1.54, 1.807) is 0 Å². The number of anilines is 1. The van der Waals surface area contributed by atoms with Crippen LogP contribution in [0.5, 0.6) is 0 Å². The maximum absolute atomic E-state index is 12.9. The Labute approximate surface area is 204 Å². The molecule has 4 atom stereocenters. The Kier molecular flexibility index (Phi) is 4.67. The number of carbonyl (C=O) groups is 1. The number of hydrogen-bond donors (Lipinski definition) is 2. The van der Waals surface area contributed by atoms with Crippen molar-refractivity contribution in [3.05, 3.63) is 53.4 Å². The van der Waals surface area contributed by atoms with E-state index in [-0.39, 0.29) is 34.7 Å². The molecule has 1 aliphatic carbocycles. The second-order valence-corrected chi connectivity index (χ2v) is 11.3. The van der Waals surface area contributed by atoms with Crippen molar-refractivity contribution in [2.24, 2.45) is 5.41 Å². The van der Waals surface area contributed by atoms with E-state index >= 15 is 0 Å². The second kappa shape index (κ2) is 7.36. The monoisotopic (exact) mass is 471 g/mol. The lowest BCUT2D eigenvalue weighted by Crippen LogP contribution is -2.41. The van der Waals surface area contributed by atoms with Gasteiger partial charge in [0.2, 0.25) is 0 Å². The zero-order valence-electron chi connectivity index (χ0n) is 20.4. The van der Waals surface area contributed by atoms with E-state index in [1.165, 1.54) is 6.20 Å². The van der Waals surface area contributed by atoms with Crippen molar-refractivity contribution < 1.29 is 14.3 Å². The third kappa shape index (κ3) is 3.70. The van der Waals surface area contributed by atoms with Gasteiger partial charge in [-0.25, -0.2) is 9.97 Å². The van der Waals surface area contributed by atoms with E-state index in [0.717, 1.165) is 48.2 Å². The van der Waals surface area contributed by atoms with Gasteiger partial charge in [-0.05, 0) is 67.9 Å². The highest BCUT2D eigenvalue weighted by molar-refractivity contribution is 6.03. The molecule has 180 valence electrons. The molecule has 8 heteroatoms. The first-order valence-electron chi connectivity index (χ1n) is 12.1. The molecular formula is C27H29N5O3. The maximum Gasteiger partial charge on any atom is 0.291 e. The van der Waals surface area contributed by atoms with Crippen LogP contribution in [0.2, 0.25) is 0 Å². The minimum absolute atomic E-state index is 0.0964. The molecule has 4 aliphatic rings. The summed E-state index contributed by atoms with van der Waals surface area (Å²) in [6.45, 7) is 8.75. The Balaban J connectivity index is 1.37. The van der Waals surface area contributed by atoms with Crippen LogP contribution in [0, 0.1) is 16.7 Å². The number of allylic oxidation sites excluding steroid dienone is 2. The largest absolute Gasteiger partial charge is 0.363 e. The average Bonchev–Trinajstić information content (AvgIpc) is 3.47. The molecule has 1 amide bonds. The van der Waals surface area contributed by atoms with Gasteiger partial charge in [-0.1, -0.05) is 19.9 Å². The van der Waals surface area contributed by atoms with Gasteiger partial charge >= 0.3 is 0 Å². The van der Waals surface area contributed by atoms with E-state index in [9.17, 15) is 4.79 Å². The molecule has 8 nitrogen and oxygen atoms in total. The molecule has 2 N–H and O–H groups in total. The number of aromatic nitrogens is 3. The van der Waals surface area contributed by atoms with E-state index in [1.807, 2.05) is 18.2 Å².